The van der Waals surface area contributed by atoms with Gasteiger partial charge in [0.25, 0.3) is 11.8 Å². The van der Waals surface area contributed by atoms with Crippen molar-refractivity contribution in [3.05, 3.63) is 71.3 Å². The average molecular weight is 459 g/mol. The monoisotopic (exact) mass is 459 g/mol. The van der Waals surface area contributed by atoms with Gasteiger partial charge in [0.2, 0.25) is 0 Å². The van der Waals surface area contributed by atoms with Gasteiger partial charge in [-0.15, -0.1) is 5.10 Å². The first kappa shape index (κ1) is 22.3. The van der Waals surface area contributed by atoms with Crippen LogP contribution < -0.4 is 4.74 Å². The van der Waals surface area contributed by atoms with E-state index < -0.39 is 12.5 Å². The summed E-state index contributed by atoms with van der Waals surface area (Å²) in [5.41, 5.74) is 1.27. The van der Waals surface area contributed by atoms with Gasteiger partial charge in [-0.1, -0.05) is 17.3 Å². The predicted octanol–water partition coefficient (Wildman–Crippen LogP) is 2.91. The Bertz CT molecular complexity index is 1160. The van der Waals surface area contributed by atoms with Gasteiger partial charge in [-0.25, -0.2) is 9.07 Å². The van der Waals surface area contributed by atoms with Crippen LogP contribution in [0.3, 0.4) is 0 Å². The molecule has 2 heterocycles. The molecule has 33 heavy (non-hydrogen) atoms. The van der Waals surface area contributed by atoms with Crippen molar-refractivity contribution in [1.29, 1.82) is 0 Å². The summed E-state index contributed by atoms with van der Waals surface area (Å²) in [5, 5.41) is 8.00. The number of piperazine rings is 1. The second kappa shape index (κ2) is 9.31. The highest BCUT2D eigenvalue weighted by Crippen LogP contribution is 2.23. The Kier molecular flexibility index (Phi) is 6.29. The number of para-hydroxylation sites is 1. The van der Waals surface area contributed by atoms with Crippen LogP contribution in [0.2, 0.25) is 0 Å². The molecule has 4 rings (SSSR count). The van der Waals surface area contributed by atoms with Crippen molar-refractivity contribution in [2.24, 2.45) is 0 Å². The number of benzene rings is 2. The fourth-order valence-electron chi connectivity index (χ4n) is 3.63. The maximum Gasteiger partial charge on any atom is 0.387 e. The zero-order valence-corrected chi connectivity index (χ0v) is 17.6. The molecule has 1 aliphatic heterocycles. The largest absolute Gasteiger partial charge is 0.434 e. The molecule has 172 valence electrons. The molecule has 0 radical (unpaired) electrons. The van der Waals surface area contributed by atoms with Gasteiger partial charge >= 0.3 is 6.61 Å². The summed E-state index contributed by atoms with van der Waals surface area (Å²) in [6.45, 7) is -0.426. The molecule has 0 spiro atoms. The molecule has 0 aliphatic carbocycles. The number of alkyl halides is 2. The van der Waals surface area contributed by atoms with E-state index in [0.717, 1.165) is 0 Å². The number of rotatable bonds is 5. The third-order valence-electron chi connectivity index (χ3n) is 5.36. The van der Waals surface area contributed by atoms with Gasteiger partial charge in [0.15, 0.2) is 5.69 Å². The van der Waals surface area contributed by atoms with Gasteiger partial charge in [-0.3, -0.25) is 9.59 Å². The van der Waals surface area contributed by atoms with Gasteiger partial charge in [0.05, 0.1) is 16.9 Å². The third kappa shape index (κ3) is 4.66. The van der Waals surface area contributed by atoms with E-state index in [0.29, 0.717) is 11.4 Å². The molecule has 0 bridgehead atoms. The topological polar surface area (TPSA) is 80.6 Å². The van der Waals surface area contributed by atoms with Gasteiger partial charge in [0.1, 0.15) is 11.6 Å². The Labute approximate surface area is 187 Å². The molecule has 3 aromatic rings. The van der Waals surface area contributed by atoms with Crippen LogP contribution in [0.5, 0.6) is 5.75 Å². The van der Waals surface area contributed by atoms with Crippen LogP contribution in [0.1, 0.15) is 26.5 Å². The number of hydrogen-bond donors (Lipinski definition) is 0. The molecule has 0 atom stereocenters. The number of ether oxygens (including phenoxy) is 1. The van der Waals surface area contributed by atoms with E-state index in [2.05, 4.69) is 15.0 Å². The first-order valence-corrected chi connectivity index (χ1v) is 10.2. The van der Waals surface area contributed by atoms with E-state index in [-0.39, 0.29) is 54.9 Å². The molecule has 8 nitrogen and oxygen atoms in total. The minimum absolute atomic E-state index is 0.0376. The quantitative estimate of drug-likeness (QED) is 0.586. The van der Waals surface area contributed by atoms with Crippen LogP contribution in [0.4, 0.5) is 13.2 Å². The van der Waals surface area contributed by atoms with E-state index in [1.165, 1.54) is 52.0 Å². The van der Waals surface area contributed by atoms with Gasteiger partial charge in [-0.05, 0) is 43.3 Å². The lowest BCUT2D eigenvalue weighted by molar-refractivity contribution is -0.0503. The highest BCUT2D eigenvalue weighted by Gasteiger charge is 2.29. The van der Waals surface area contributed by atoms with E-state index in [4.69, 9.17) is 0 Å². The number of halogens is 3. The standard InChI is InChI=1S/C22H20F3N5O3/c1-14-19(26-27-30(14)16-8-6-15(23)7-9-16)21(32)29-12-10-28(11-13-29)20(31)17-4-2-3-5-18(17)33-22(24)25/h2-9,22H,10-13H2,1H3. The molecule has 1 fully saturated rings. The summed E-state index contributed by atoms with van der Waals surface area (Å²) in [7, 11) is 0. The maximum atomic E-state index is 13.2. The molecule has 11 heteroatoms. The van der Waals surface area contributed by atoms with Crippen LogP contribution in [-0.2, 0) is 0 Å². The molecule has 0 saturated carbocycles. The summed E-state index contributed by atoms with van der Waals surface area (Å²) in [6, 6.07) is 11.5. The molecule has 1 aliphatic rings. The van der Waals surface area contributed by atoms with Crippen LogP contribution in [0.25, 0.3) is 5.69 Å². The molecule has 0 unspecified atom stereocenters. The summed E-state index contributed by atoms with van der Waals surface area (Å²) in [4.78, 5) is 28.9. The second-order valence-electron chi connectivity index (χ2n) is 7.37. The second-order valence-corrected chi connectivity index (χ2v) is 7.37. The van der Waals surface area contributed by atoms with Gasteiger partial charge < -0.3 is 14.5 Å². The minimum Gasteiger partial charge on any atom is -0.434 e. The Morgan fingerprint density at radius 2 is 1.55 bits per heavy atom. The smallest absolute Gasteiger partial charge is 0.387 e. The van der Waals surface area contributed by atoms with Gasteiger partial charge in [-0.2, -0.15) is 8.78 Å². The van der Waals surface area contributed by atoms with Crippen molar-refractivity contribution in [1.82, 2.24) is 24.8 Å². The molecule has 2 aromatic carbocycles. The lowest BCUT2D eigenvalue weighted by Crippen LogP contribution is -2.50. The first-order valence-electron chi connectivity index (χ1n) is 10.2. The summed E-state index contributed by atoms with van der Waals surface area (Å²) < 4.78 is 44.4. The summed E-state index contributed by atoms with van der Waals surface area (Å²) >= 11 is 0. The Balaban J connectivity index is 1.43. The molecule has 1 saturated heterocycles. The average Bonchev–Trinajstić information content (AvgIpc) is 3.20. The van der Waals surface area contributed by atoms with Crippen molar-refractivity contribution >= 4 is 11.8 Å². The van der Waals surface area contributed by atoms with Gasteiger partial charge in [0, 0.05) is 26.2 Å². The number of nitrogens with zero attached hydrogens (tertiary/aromatic N) is 5. The predicted molar refractivity (Wildman–Crippen MR) is 111 cm³/mol. The lowest BCUT2D eigenvalue weighted by Gasteiger charge is -2.34. The highest BCUT2D eigenvalue weighted by molar-refractivity contribution is 5.97. The van der Waals surface area contributed by atoms with Crippen LogP contribution in [-0.4, -0.2) is 69.4 Å². The van der Waals surface area contributed by atoms with Crippen molar-refractivity contribution in [2.75, 3.05) is 26.2 Å². The van der Waals surface area contributed by atoms with Crippen molar-refractivity contribution in [2.45, 2.75) is 13.5 Å². The van der Waals surface area contributed by atoms with E-state index >= 15 is 0 Å². The minimum atomic E-state index is -3.04. The van der Waals surface area contributed by atoms with Crippen molar-refractivity contribution < 1.29 is 27.5 Å². The van der Waals surface area contributed by atoms with Crippen LogP contribution in [0.15, 0.2) is 48.5 Å². The molecule has 1 aromatic heterocycles. The van der Waals surface area contributed by atoms with Crippen LogP contribution in [0, 0.1) is 12.7 Å². The highest BCUT2D eigenvalue weighted by atomic mass is 19.3. The zero-order chi connectivity index (χ0) is 23.5. The number of amides is 2. The number of carbonyl (C=O) groups is 2. The normalized spacial score (nSPS) is 14.0. The molecular weight excluding hydrogens is 439 g/mol. The Morgan fingerprint density at radius 1 is 0.939 bits per heavy atom. The maximum absolute atomic E-state index is 13.2. The molecule has 2 amide bonds. The van der Waals surface area contributed by atoms with Crippen molar-refractivity contribution in [3.8, 4) is 11.4 Å². The molecule has 0 N–H and O–H groups in total. The Morgan fingerprint density at radius 3 is 2.18 bits per heavy atom. The summed E-state index contributed by atoms with van der Waals surface area (Å²) in [6.07, 6.45) is 0. The van der Waals surface area contributed by atoms with Crippen LogP contribution >= 0.6 is 0 Å². The van der Waals surface area contributed by atoms with Crippen molar-refractivity contribution in [3.63, 3.8) is 0 Å². The number of aromatic nitrogens is 3. The zero-order valence-electron chi connectivity index (χ0n) is 17.6. The summed E-state index contributed by atoms with van der Waals surface area (Å²) in [5.74, 6) is -1.36. The lowest BCUT2D eigenvalue weighted by atomic mass is 10.1. The third-order valence-corrected chi connectivity index (χ3v) is 5.36. The fourth-order valence-corrected chi connectivity index (χ4v) is 3.63. The van der Waals surface area contributed by atoms with E-state index in [1.807, 2.05) is 0 Å². The SMILES string of the molecule is Cc1c(C(=O)N2CCN(C(=O)c3ccccc3OC(F)F)CC2)nnn1-c1ccc(F)cc1. The fraction of sp³-hybridized carbons (Fsp3) is 0.273. The first-order chi connectivity index (χ1) is 15.8. The number of carbonyl (C=O) groups excluding carboxylic acids is 2. The molecular formula is C22H20F3N5O3. The van der Waals surface area contributed by atoms with E-state index in [9.17, 15) is 22.8 Å². The Hall–Kier alpha value is -3.89. The number of hydrogen-bond acceptors (Lipinski definition) is 5. The van der Waals surface area contributed by atoms with E-state index in [1.54, 1.807) is 17.9 Å².